The summed E-state index contributed by atoms with van der Waals surface area (Å²) >= 11 is 1.61. The number of benzene rings is 1. The largest absolute Gasteiger partial charge is 0.359 e. The first-order valence-electron chi connectivity index (χ1n) is 9.29. The summed E-state index contributed by atoms with van der Waals surface area (Å²) in [4.78, 5) is 12.2. The van der Waals surface area contributed by atoms with Gasteiger partial charge in [0, 0.05) is 29.6 Å². The molecule has 1 unspecified atom stereocenters. The van der Waals surface area contributed by atoms with E-state index in [0.29, 0.717) is 18.2 Å². The van der Waals surface area contributed by atoms with Gasteiger partial charge in [-0.25, -0.2) is 9.37 Å². The number of halogens is 1. The van der Waals surface area contributed by atoms with E-state index in [9.17, 15) is 4.39 Å². The first-order chi connectivity index (χ1) is 13.4. The molecule has 0 amide bonds. The van der Waals surface area contributed by atoms with Gasteiger partial charge in [-0.2, -0.15) is 0 Å². The molecule has 3 heterocycles. The van der Waals surface area contributed by atoms with E-state index >= 15 is 0 Å². The molecule has 4 nitrogen and oxygen atoms in total. The molecule has 2 aromatic rings. The third kappa shape index (κ3) is 3.07. The summed E-state index contributed by atoms with van der Waals surface area (Å²) in [6.45, 7) is 10.8. The minimum absolute atomic E-state index is 0.264. The minimum atomic E-state index is -0.348. The van der Waals surface area contributed by atoms with Crippen LogP contribution in [-0.4, -0.2) is 34.3 Å². The molecule has 144 valence electrons. The number of hydrogen-bond acceptors (Lipinski definition) is 5. The normalized spacial score (nSPS) is 20.8. The van der Waals surface area contributed by atoms with E-state index in [0.717, 1.165) is 26.7 Å². The van der Waals surface area contributed by atoms with Crippen LogP contribution in [-0.2, 0) is 0 Å². The monoisotopic (exact) mass is 394 g/mol. The average Bonchev–Trinajstić information content (AvgIpc) is 3.26. The summed E-state index contributed by atoms with van der Waals surface area (Å²) in [6, 6.07) is 5.49. The van der Waals surface area contributed by atoms with Crippen LogP contribution >= 0.6 is 11.3 Å². The predicted molar refractivity (Wildman–Crippen MR) is 117 cm³/mol. The van der Waals surface area contributed by atoms with Crippen molar-refractivity contribution in [2.45, 2.75) is 32.4 Å². The summed E-state index contributed by atoms with van der Waals surface area (Å²) < 4.78 is 14.4. The Kier molecular flexibility index (Phi) is 4.67. The van der Waals surface area contributed by atoms with Crippen LogP contribution in [0.4, 0.5) is 9.52 Å². The van der Waals surface area contributed by atoms with Crippen molar-refractivity contribution in [1.82, 2.24) is 9.88 Å². The third-order valence-electron chi connectivity index (χ3n) is 5.08. The van der Waals surface area contributed by atoms with Crippen LogP contribution in [0.1, 0.15) is 36.8 Å². The van der Waals surface area contributed by atoms with Gasteiger partial charge in [-0.1, -0.05) is 36.1 Å². The lowest BCUT2D eigenvalue weighted by Gasteiger charge is -2.39. The fourth-order valence-corrected chi connectivity index (χ4v) is 4.56. The van der Waals surface area contributed by atoms with Crippen molar-refractivity contribution < 1.29 is 4.39 Å². The first-order valence-corrected chi connectivity index (χ1v) is 10.1. The van der Waals surface area contributed by atoms with Gasteiger partial charge in [-0.3, -0.25) is 4.99 Å². The second kappa shape index (κ2) is 7.02. The van der Waals surface area contributed by atoms with Crippen molar-refractivity contribution in [3.05, 3.63) is 65.1 Å². The minimum Gasteiger partial charge on any atom is -0.359 e. The van der Waals surface area contributed by atoms with Gasteiger partial charge in [0.25, 0.3) is 0 Å². The maximum atomic E-state index is 14.4. The topological polar surface area (TPSA) is 40.5 Å². The zero-order chi connectivity index (χ0) is 19.9. The van der Waals surface area contributed by atoms with Crippen molar-refractivity contribution in [2.24, 2.45) is 4.99 Å². The molecule has 1 N–H and O–H groups in total. The highest BCUT2D eigenvalue weighted by molar-refractivity contribution is 7.16. The Bertz CT molecular complexity index is 1020. The Morgan fingerprint density at radius 1 is 1.39 bits per heavy atom. The standard InChI is InChI=1S/C22H23FN4S/c1-5-16-17(7-6-8-19(16)23)18-9-15(11-27-13-24-12-22(18,27)4)20-10-25-21(28-20)26-14(2)3/h5-11,13-14H,1,12H2,2-4H3,(H,25,26). The van der Waals surface area contributed by atoms with E-state index in [2.05, 4.69) is 59.8 Å². The zero-order valence-electron chi connectivity index (χ0n) is 16.2. The Labute approximate surface area is 168 Å². The molecular formula is C22H23FN4S. The van der Waals surface area contributed by atoms with Crippen molar-refractivity contribution in [3.63, 3.8) is 0 Å². The number of aromatic nitrogens is 1. The molecule has 4 rings (SSSR count). The number of allylic oxidation sites excluding steroid dienone is 2. The molecule has 0 saturated carbocycles. The molecule has 0 radical (unpaired) electrons. The second-order valence-electron chi connectivity index (χ2n) is 7.51. The van der Waals surface area contributed by atoms with Gasteiger partial charge < -0.3 is 10.2 Å². The molecule has 0 fully saturated rings. The fraction of sp³-hybridized carbons (Fsp3) is 0.273. The zero-order valence-corrected chi connectivity index (χ0v) is 17.1. The highest BCUT2D eigenvalue weighted by Gasteiger charge is 2.41. The van der Waals surface area contributed by atoms with Crippen LogP contribution in [0, 0.1) is 5.82 Å². The highest BCUT2D eigenvalue weighted by Crippen LogP contribution is 2.43. The van der Waals surface area contributed by atoms with Crippen LogP contribution in [0.3, 0.4) is 0 Å². The lowest BCUT2D eigenvalue weighted by atomic mass is 9.80. The number of aliphatic imine (C=N–C) groups is 1. The van der Waals surface area contributed by atoms with Crippen molar-refractivity contribution in [2.75, 3.05) is 11.9 Å². The number of nitrogens with one attached hydrogen (secondary N) is 1. The number of rotatable bonds is 5. The first kappa shape index (κ1) is 18.6. The number of nitrogens with zero attached hydrogens (tertiary/aromatic N) is 3. The van der Waals surface area contributed by atoms with E-state index in [4.69, 9.17) is 0 Å². The summed E-state index contributed by atoms with van der Waals surface area (Å²) in [5.41, 5.74) is 3.09. The Hall–Kier alpha value is -2.73. The van der Waals surface area contributed by atoms with Gasteiger partial charge in [-0.15, -0.1) is 0 Å². The highest BCUT2D eigenvalue weighted by atomic mass is 32.1. The summed E-state index contributed by atoms with van der Waals surface area (Å²) in [5.74, 6) is -0.264. The van der Waals surface area contributed by atoms with Crippen molar-refractivity contribution in [3.8, 4) is 0 Å². The van der Waals surface area contributed by atoms with Crippen LogP contribution < -0.4 is 5.32 Å². The molecule has 0 aliphatic carbocycles. The van der Waals surface area contributed by atoms with E-state index in [-0.39, 0.29) is 11.4 Å². The molecule has 0 saturated heterocycles. The summed E-state index contributed by atoms with van der Waals surface area (Å²) in [7, 11) is 0. The third-order valence-corrected chi connectivity index (χ3v) is 6.06. The van der Waals surface area contributed by atoms with E-state index in [1.165, 1.54) is 6.07 Å². The molecule has 0 spiro atoms. The number of hydrogen-bond donors (Lipinski definition) is 1. The Balaban J connectivity index is 1.83. The Morgan fingerprint density at radius 2 is 2.21 bits per heavy atom. The van der Waals surface area contributed by atoms with Crippen LogP contribution in [0.15, 0.2) is 48.2 Å². The molecule has 28 heavy (non-hydrogen) atoms. The van der Waals surface area contributed by atoms with Crippen molar-refractivity contribution in [1.29, 1.82) is 0 Å². The van der Waals surface area contributed by atoms with E-state index in [1.54, 1.807) is 23.5 Å². The van der Waals surface area contributed by atoms with Crippen LogP contribution in [0.5, 0.6) is 0 Å². The molecule has 2 aliphatic rings. The fourth-order valence-electron chi connectivity index (χ4n) is 3.62. The lowest BCUT2D eigenvalue weighted by Crippen LogP contribution is -2.43. The Morgan fingerprint density at radius 3 is 2.96 bits per heavy atom. The van der Waals surface area contributed by atoms with Gasteiger partial charge in [0.2, 0.25) is 0 Å². The molecule has 1 aromatic carbocycles. The predicted octanol–water partition coefficient (Wildman–Crippen LogP) is 5.29. The number of fused-ring (bicyclic) bond motifs is 1. The SMILES string of the molecule is C=Cc1c(F)cccc1C1=CC(c2cnc(NC(C)C)s2)=CN2C=NCC12C. The van der Waals surface area contributed by atoms with Gasteiger partial charge in [0.05, 0.1) is 23.3 Å². The molecule has 6 heteroatoms. The van der Waals surface area contributed by atoms with Crippen molar-refractivity contribution >= 4 is 40.0 Å². The lowest BCUT2D eigenvalue weighted by molar-refractivity contribution is 0.383. The molecular weight excluding hydrogens is 371 g/mol. The van der Waals surface area contributed by atoms with E-state index in [1.807, 2.05) is 18.6 Å². The second-order valence-corrected chi connectivity index (χ2v) is 8.54. The van der Waals surface area contributed by atoms with Gasteiger partial charge >= 0.3 is 0 Å². The summed E-state index contributed by atoms with van der Waals surface area (Å²) in [6.07, 6.45) is 9.56. The van der Waals surface area contributed by atoms with Gasteiger partial charge in [0.15, 0.2) is 5.13 Å². The number of thiazole rings is 1. The van der Waals surface area contributed by atoms with Crippen LogP contribution in [0.25, 0.3) is 17.2 Å². The molecule has 0 bridgehead atoms. The molecule has 1 aromatic heterocycles. The average molecular weight is 395 g/mol. The maximum Gasteiger partial charge on any atom is 0.183 e. The smallest absolute Gasteiger partial charge is 0.183 e. The molecule has 1 atom stereocenters. The van der Waals surface area contributed by atoms with Gasteiger partial charge in [0.1, 0.15) is 5.82 Å². The molecule has 2 aliphatic heterocycles. The van der Waals surface area contributed by atoms with Gasteiger partial charge in [-0.05, 0) is 44.1 Å². The summed E-state index contributed by atoms with van der Waals surface area (Å²) in [5, 5.41) is 4.23. The quantitative estimate of drug-likeness (QED) is 0.749. The maximum absolute atomic E-state index is 14.4. The van der Waals surface area contributed by atoms with Crippen LogP contribution in [0.2, 0.25) is 0 Å². The number of anilines is 1. The van der Waals surface area contributed by atoms with E-state index < -0.39 is 0 Å².